The van der Waals surface area contributed by atoms with Crippen molar-refractivity contribution in [3.63, 3.8) is 0 Å². The zero-order valence-corrected chi connectivity index (χ0v) is 12.1. The quantitative estimate of drug-likeness (QED) is 0.798. The van der Waals surface area contributed by atoms with E-state index in [-0.39, 0.29) is 12.5 Å². The number of carbonyl (C=O) groups excluding carboxylic acids is 1. The van der Waals surface area contributed by atoms with Crippen molar-refractivity contribution in [2.45, 2.75) is 12.5 Å². The van der Waals surface area contributed by atoms with Crippen molar-refractivity contribution in [2.24, 2.45) is 0 Å². The third kappa shape index (κ3) is 3.36. The van der Waals surface area contributed by atoms with Crippen LogP contribution in [0, 0.1) is 0 Å². The van der Waals surface area contributed by atoms with Crippen LogP contribution in [0.25, 0.3) is 0 Å². The summed E-state index contributed by atoms with van der Waals surface area (Å²) in [7, 11) is 3.57. The van der Waals surface area contributed by atoms with Crippen LogP contribution in [0.3, 0.4) is 0 Å². The molecule has 1 atom stereocenters. The number of nitrogens with one attached hydrogen (secondary N) is 1. The van der Waals surface area contributed by atoms with Crippen molar-refractivity contribution in [1.82, 2.24) is 5.32 Å². The van der Waals surface area contributed by atoms with E-state index in [0.717, 1.165) is 18.7 Å². The van der Waals surface area contributed by atoms with Gasteiger partial charge in [0, 0.05) is 25.4 Å². The van der Waals surface area contributed by atoms with E-state index in [2.05, 4.69) is 11.4 Å². The number of ether oxygens (including phenoxy) is 2. The average Bonchev–Trinajstić information content (AvgIpc) is 2.50. The number of carbonyl (C=O) groups is 1. The smallest absolute Gasteiger partial charge is 0.252 e. The van der Waals surface area contributed by atoms with Gasteiger partial charge in [-0.3, -0.25) is 4.79 Å². The summed E-state index contributed by atoms with van der Waals surface area (Å²) in [4.78, 5) is 14.1. The van der Waals surface area contributed by atoms with Crippen molar-refractivity contribution in [3.05, 3.63) is 29.8 Å². The van der Waals surface area contributed by atoms with Crippen LogP contribution >= 0.6 is 0 Å². The van der Waals surface area contributed by atoms with E-state index in [9.17, 15) is 4.79 Å². The first-order valence-corrected chi connectivity index (χ1v) is 6.91. The van der Waals surface area contributed by atoms with Gasteiger partial charge in [0.2, 0.25) is 0 Å². The van der Waals surface area contributed by atoms with E-state index in [1.54, 1.807) is 7.11 Å². The summed E-state index contributed by atoms with van der Waals surface area (Å²) in [6.45, 7) is 1.76. The number of hydrogen-bond acceptors (Lipinski definition) is 4. The number of anilines is 1. The molecule has 0 spiro atoms. The fourth-order valence-corrected chi connectivity index (χ4v) is 2.50. The molecule has 110 valence electrons. The van der Waals surface area contributed by atoms with Gasteiger partial charge < -0.3 is 19.7 Å². The second-order valence-corrected chi connectivity index (χ2v) is 4.78. The topological polar surface area (TPSA) is 50.8 Å². The minimum Gasteiger partial charge on any atom is -0.382 e. The van der Waals surface area contributed by atoms with E-state index >= 15 is 0 Å². The molecule has 0 radical (unpaired) electrons. The molecule has 5 nitrogen and oxygen atoms in total. The predicted molar refractivity (Wildman–Crippen MR) is 77.9 cm³/mol. The molecule has 5 heteroatoms. The highest BCUT2D eigenvalue weighted by atomic mass is 16.5. The van der Waals surface area contributed by atoms with Gasteiger partial charge in [0.15, 0.2) is 0 Å². The Bertz CT molecular complexity index is 450. The Balaban J connectivity index is 2.04. The second kappa shape index (κ2) is 7.38. The number of hydrogen-bond donors (Lipinski definition) is 1. The van der Waals surface area contributed by atoms with Crippen LogP contribution in [0.4, 0.5) is 5.69 Å². The normalized spacial score (nSPS) is 17.9. The molecule has 20 heavy (non-hydrogen) atoms. The van der Waals surface area contributed by atoms with Gasteiger partial charge >= 0.3 is 0 Å². The summed E-state index contributed by atoms with van der Waals surface area (Å²) in [5, 5.41) is 3.29. The van der Waals surface area contributed by atoms with Crippen LogP contribution in [0.2, 0.25) is 0 Å². The van der Waals surface area contributed by atoms with E-state index in [0.29, 0.717) is 19.3 Å². The Kier molecular flexibility index (Phi) is 5.52. The Morgan fingerprint density at radius 3 is 2.95 bits per heavy atom. The maximum Gasteiger partial charge on any atom is 0.252 e. The molecule has 1 heterocycles. The van der Waals surface area contributed by atoms with Crippen LogP contribution in [0.1, 0.15) is 18.0 Å². The zero-order chi connectivity index (χ0) is 14.4. The Hall–Kier alpha value is -1.43. The molecule has 0 saturated carbocycles. The lowest BCUT2D eigenvalue weighted by molar-refractivity contribution is -0.123. The van der Waals surface area contributed by atoms with E-state index < -0.39 is 0 Å². The number of para-hydroxylation sites is 1. The largest absolute Gasteiger partial charge is 0.382 e. The fraction of sp³-hybridized carbons (Fsp3) is 0.533. The van der Waals surface area contributed by atoms with Gasteiger partial charge in [-0.05, 0) is 25.1 Å². The number of benzene rings is 1. The van der Waals surface area contributed by atoms with Gasteiger partial charge in [-0.25, -0.2) is 0 Å². The minimum absolute atomic E-state index is 0.00288. The standard InChI is InChI=1S/C15H22N2O3/c1-16-13-7-8-17(14-6-4-3-5-12(13)14)15(18)11-20-10-9-19-2/h3-6,13,16H,7-11H2,1-2H3. The molecule has 0 aromatic heterocycles. The molecule has 0 saturated heterocycles. The van der Waals surface area contributed by atoms with E-state index in [1.165, 1.54) is 5.56 Å². The molecular weight excluding hydrogens is 256 g/mol. The summed E-state index contributed by atoms with van der Waals surface area (Å²) in [5.41, 5.74) is 2.16. The third-order valence-electron chi connectivity index (χ3n) is 3.55. The van der Waals surface area contributed by atoms with Gasteiger partial charge in [0.25, 0.3) is 5.91 Å². The maximum atomic E-state index is 12.3. The molecule has 1 aliphatic rings. The first-order valence-electron chi connectivity index (χ1n) is 6.91. The van der Waals surface area contributed by atoms with Gasteiger partial charge in [-0.2, -0.15) is 0 Å². The number of methoxy groups -OCH3 is 1. The number of nitrogens with zero attached hydrogens (tertiary/aromatic N) is 1. The van der Waals surface area contributed by atoms with Gasteiger partial charge in [0.05, 0.1) is 13.2 Å². The second-order valence-electron chi connectivity index (χ2n) is 4.78. The molecule has 1 aromatic carbocycles. The summed E-state index contributed by atoms with van der Waals surface area (Å²) in [5.74, 6) is 0.00288. The van der Waals surface area contributed by atoms with Crippen molar-refractivity contribution in [1.29, 1.82) is 0 Å². The number of amides is 1. The lowest BCUT2D eigenvalue weighted by Crippen LogP contribution is -2.41. The number of fused-ring (bicyclic) bond motifs is 1. The lowest BCUT2D eigenvalue weighted by atomic mass is 9.96. The summed E-state index contributed by atoms with van der Waals surface area (Å²) >= 11 is 0. The van der Waals surface area contributed by atoms with Crippen molar-refractivity contribution < 1.29 is 14.3 Å². The lowest BCUT2D eigenvalue weighted by Gasteiger charge is -2.34. The predicted octanol–water partition coefficient (Wildman–Crippen LogP) is 1.35. The van der Waals surface area contributed by atoms with Gasteiger partial charge in [-0.15, -0.1) is 0 Å². The van der Waals surface area contributed by atoms with Crippen LogP contribution < -0.4 is 10.2 Å². The fourth-order valence-electron chi connectivity index (χ4n) is 2.50. The molecule has 1 amide bonds. The summed E-state index contributed by atoms with van der Waals surface area (Å²) in [6.07, 6.45) is 0.914. The highest BCUT2D eigenvalue weighted by Crippen LogP contribution is 2.33. The molecular formula is C15H22N2O3. The molecule has 0 aliphatic carbocycles. The average molecular weight is 278 g/mol. The van der Waals surface area contributed by atoms with Crippen LogP contribution in [-0.4, -0.2) is 46.4 Å². The summed E-state index contributed by atoms with van der Waals surface area (Å²) in [6, 6.07) is 8.34. The first kappa shape index (κ1) is 15.0. The highest BCUT2D eigenvalue weighted by molar-refractivity contribution is 5.95. The first-order chi connectivity index (χ1) is 9.77. The molecule has 0 bridgehead atoms. The van der Waals surface area contributed by atoms with Crippen LogP contribution in [0.5, 0.6) is 0 Å². The molecule has 1 aromatic rings. The third-order valence-corrected chi connectivity index (χ3v) is 3.55. The zero-order valence-electron chi connectivity index (χ0n) is 12.1. The van der Waals surface area contributed by atoms with Crippen molar-refractivity contribution >= 4 is 11.6 Å². The van der Waals surface area contributed by atoms with Crippen LogP contribution in [0.15, 0.2) is 24.3 Å². The summed E-state index contributed by atoms with van der Waals surface area (Å²) < 4.78 is 10.2. The van der Waals surface area contributed by atoms with Gasteiger partial charge in [-0.1, -0.05) is 18.2 Å². The molecule has 1 aliphatic heterocycles. The van der Waals surface area contributed by atoms with Gasteiger partial charge in [0.1, 0.15) is 6.61 Å². The van der Waals surface area contributed by atoms with Crippen LogP contribution in [-0.2, 0) is 14.3 Å². The molecule has 1 N–H and O–H groups in total. The molecule has 0 fully saturated rings. The Morgan fingerprint density at radius 2 is 2.20 bits per heavy atom. The highest BCUT2D eigenvalue weighted by Gasteiger charge is 2.27. The maximum absolute atomic E-state index is 12.3. The number of rotatable bonds is 6. The monoisotopic (exact) mass is 278 g/mol. The van der Waals surface area contributed by atoms with E-state index in [1.807, 2.05) is 30.1 Å². The molecule has 1 unspecified atom stereocenters. The van der Waals surface area contributed by atoms with Crippen molar-refractivity contribution in [2.75, 3.05) is 45.4 Å². The Labute approximate surface area is 119 Å². The van der Waals surface area contributed by atoms with E-state index in [4.69, 9.17) is 9.47 Å². The minimum atomic E-state index is 0.00288. The Morgan fingerprint density at radius 1 is 1.40 bits per heavy atom. The molecule has 2 rings (SSSR count). The SMILES string of the molecule is CNC1CCN(C(=O)COCCOC)c2ccccc21. The van der Waals surface area contributed by atoms with Crippen molar-refractivity contribution in [3.8, 4) is 0 Å².